The lowest BCUT2D eigenvalue weighted by Crippen LogP contribution is -2.33. The van der Waals surface area contributed by atoms with Crippen LogP contribution in [0.5, 0.6) is 0 Å². The van der Waals surface area contributed by atoms with Crippen LogP contribution in [0.3, 0.4) is 0 Å². The summed E-state index contributed by atoms with van der Waals surface area (Å²) in [7, 11) is 0. The fourth-order valence-electron chi connectivity index (χ4n) is 4.11. The van der Waals surface area contributed by atoms with Gasteiger partial charge < -0.3 is 19.7 Å². The number of piperidine rings is 1. The van der Waals surface area contributed by atoms with Gasteiger partial charge in [-0.3, -0.25) is 9.36 Å². The van der Waals surface area contributed by atoms with Gasteiger partial charge in [0.2, 0.25) is 11.9 Å². The van der Waals surface area contributed by atoms with E-state index in [1.165, 1.54) is 29.5 Å². The lowest BCUT2D eigenvalue weighted by Gasteiger charge is -2.28. The molecule has 2 saturated heterocycles. The fourth-order valence-corrected chi connectivity index (χ4v) is 5.84. The Balaban J connectivity index is 1.41. The van der Waals surface area contributed by atoms with E-state index in [0.717, 1.165) is 62.0 Å². The Labute approximate surface area is 202 Å². The first-order chi connectivity index (χ1) is 16.0. The van der Waals surface area contributed by atoms with Crippen LogP contribution in [0.1, 0.15) is 54.3 Å². The first-order valence-corrected chi connectivity index (χ1v) is 13.3. The van der Waals surface area contributed by atoms with Crippen molar-refractivity contribution in [3.8, 4) is 0 Å². The minimum Gasteiger partial charge on any atom is -0.462 e. The Morgan fingerprint density at radius 3 is 2.82 bits per heavy atom. The number of aryl methyl sites for hydroxylation is 1. The molecule has 0 aliphatic carbocycles. The summed E-state index contributed by atoms with van der Waals surface area (Å²) in [5.41, 5.74) is 0.795. The molecule has 2 aliphatic rings. The largest absolute Gasteiger partial charge is 0.462 e. The molecule has 0 bridgehead atoms. The number of esters is 1. The zero-order valence-corrected chi connectivity index (χ0v) is 20.8. The number of hydrogen-bond donors (Lipinski definition) is 1. The van der Waals surface area contributed by atoms with E-state index in [-0.39, 0.29) is 23.7 Å². The number of carbonyl (C=O) groups excluding carboxylic acids is 2. The van der Waals surface area contributed by atoms with E-state index in [2.05, 4.69) is 25.0 Å². The summed E-state index contributed by atoms with van der Waals surface area (Å²) in [6.45, 7) is 7.39. The lowest BCUT2D eigenvalue weighted by molar-refractivity contribution is -0.113. The van der Waals surface area contributed by atoms with Crippen molar-refractivity contribution in [3.63, 3.8) is 0 Å². The fraction of sp³-hybridized carbons (Fsp3) is 0.636. The molecule has 1 N–H and O–H groups in total. The molecule has 11 heteroatoms. The average molecular weight is 494 g/mol. The molecule has 1 unspecified atom stereocenters. The number of carbonyl (C=O) groups is 2. The summed E-state index contributed by atoms with van der Waals surface area (Å²) in [5.74, 6) is 0.571. The van der Waals surface area contributed by atoms with Crippen LogP contribution in [0, 0.1) is 6.92 Å². The first-order valence-electron chi connectivity index (χ1n) is 11.5. The van der Waals surface area contributed by atoms with Gasteiger partial charge in [-0.1, -0.05) is 11.8 Å². The molecule has 4 rings (SSSR count). The lowest BCUT2D eigenvalue weighted by atomic mass is 10.1. The van der Waals surface area contributed by atoms with Crippen molar-refractivity contribution in [2.24, 2.45) is 0 Å². The summed E-state index contributed by atoms with van der Waals surface area (Å²) in [6, 6.07) is 1.80. The normalized spacial score (nSPS) is 18.5. The van der Waals surface area contributed by atoms with Crippen LogP contribution in [0.15, 0.2) is 11.2 Å². The predicted octanol–water partition coefficient (Wildman–Crippen LogP) is 3.72. The SMILES string of the molecule is CCOC(=O)c1sc(NC(=O)CSc2nnc(N3CCCCC3)n2CC2CCCO2)cc1C. The monoisotopic (exact) mass is 493 g/mol. The number of thiophene rings is 1. The highest BCUT2D eigenvalue weighted by Crippen LogP contribution is 2.29. The summed E-state index contributed by atoms with van der Waals surface area (Å²) in [5, 5.41) is 13.2. The van der Waals surface area contributed by atoms with Crippen molar-refractivity contribution in [1.82, 2.24) is 14.8 Å². The third-order valence-corrected chi connectivity index (χ3v) is 7.82. The summed E-state index contributed by atoms with van der Waals surface area (Å²) in [6.07, 6.45) is 5.83. The van der Waals surface area contributed by atoms with Gasteiger partial charge in [0.25, 0.3) is 0 Å². The number of nitrogens with one attached hydrogen (secondary N) is 1. The van der Waals surface area contributed by atoms with Crippen LogP contribution in [0.4, 0.5) is 10.9 Å². The maximum absolute atomic E-state index is 12.6. The highest BCUT2D eigenvalue weighted by molar-refractivity contribution is 7.99. The van der Waals surface area contributed by atoms with Crippen LogP contribution in [0.25, 0.3) is 0 Å². The Morgan fingerprint density at radius 1 is 1.27 bits per heavy atom. The van der Waals surface area contributed by atoms with Gasteiger partial charge in [0, 0.05) is 19.7 Å². The summed E-state index contributed by atoms with van der Waals surface area (Å²) in [4.78, 5) is 27.5. The van der Waals surface area contributed by atoms with Crippen LogP contribution >= 0.6 is 23.1 Å². The van der Waals surface area contributed by atoms with E-state index < -0.39 is 0 Å². The zero-order valence-electron chi connectivity index (χ0n) is 19.2. The molecule has 9 nitrogen and oxygen atoms in total. The van der Waals surface area contributed by atoms with Crippen LogP contribution in [-0.4, -0.2) is 64.8 Å². The van der Waals surface area contributed by atoms with Crippen molar-refractivity contribution in [2.45, 2.75) is 63.8 Å². The molecule has 0 saturated carbocycles. The molecule has 4 heterocycles. The van der Waals surface area contributed by atoms with Gasteiger partial charge in [-0.2, -0.15) is 0 Å². The molecule has 2 fully saturated rings. The molecule has 0 spiro atoms. The van der Waals surface area contributed by atoms with E-state index in [1.807, 2.05) is 6.92 Å². The van der Waals surface area contributed by atoms with Crippen molar-refractivity contribution in [1.29, 1.82) is 0 Å². The number of hydrogen-bond acceptors (Lipinski definition) is 9. The molecular weight excluding hydrogens is 462 g/mol. The van der Waals surface area contributed by atoms with Crippen LogP contribution in [0.2, 0.25) is 0 Å². The predicted molar refractivity (Wildman–Crippen MR) is 129 cm³/mol. The second-order valence-electron chi connectivity index (χ2n) is 8.26. The average Bonchev–Trinajstić information content (AvgIpc) is 3.54. The second-order valence-corrected chi connectivity index (χ2v) is 10.3. The minimum absolute atomic E-state index is 0.150. The Kier molecular flexibility index (Phi) is 8.26. The highest BCUT2D eigenvalue weighted by atomic mass is 32.2. The van der Waals surface area contributed by atoms with E-state index in [1.54, 1.807) is 13.0 Å². The van der Waals surface area contributed by atoms with E-state index in [4.69, 9.17) is 9.47 Å². The highest BCUT2D eigenvalue weighted by Gasteiger charge is 2.25. The van der Waals surface area contributed by atoms with Gasteiger partial charge in [-0.15, -0.1) is 21.5 Å². The number of anilines is 2. The third-order valence-electron chi connectivity index (χ3n) is 5.72. The van der Waals surface area contributed by atoms with E-state index in [0.29, 0.717) is 23.0 Å². The quantitative estimate of drug-likeness (QED) is 0.417. The molecule has 0 aromatic carbocycles. The molecule has 1 atom stereocenters. The molecule has 0 radical (unpaired) electrons. The number of amides is 1. The molecule has 33 heavy (non-hydrogen) atoms. The van der Waals surface area contributed by atoms with E-state index in [9.17, 15) is 9.59 Å². The van der Waals surface area contributed by atoms with Crippen molar-refractivity contribution < 1.29 is 19.1 Å². The molecule has 180 valence electrons. The van der Waals surface area contributed by atoms with Gasteiger partial charge in [0.1, 0.15) is 4.88 Å². The summed E-state index contributed by atoms with van der Waals surface area (Å²) < 4.78 is 13.1. The maximum atomic E-state index is 12.6. The van der Waals surface area contributed by atoms with Crippen molar-refractivity contribution in [3.05, 3.63) is 16.5 Å². The third kappa shape index (κ3) is 6.07. The molecule has 1 amide bonds. The number of aromatic nitrogens is 3. The maximum Gasteiger partial charge on any atom is 0.348 e. The molecule has 2 aromatic heterocycles. The van der Waals surface area contributed by atoms with Gasteiger partial charge in [0.05, 0.1) is 30.0 Å². The van der Waals surface area contributed by atoms with Gasteiger partial charge in [-0.05, 0) is 57.6 Å². The van der Waals surface area contributed by atoms with Crippen LogP contribution in [-0.2, 0) is 20.8 Å². The number of rotatable bonds is 9. The molecule has 2 aliphatic heterocycles. The number of thioether (sulfide) groups is 1. The number of nitrogens with zero attached hydrogens (tertiary/aromatic N) is 4. The first kappa shape index (κ1) is 24.0. The van der Waals surface area contributed by atoms with Crippen molar-refractivity contribution >= 4 is 45.9 Å². The standard InChI is InChI=1S/C22H31N5O4S2/c1-3-30-20(29)19-15(2)12-18(33-19)23-17(28)14-32-22-25-24-21(26-9-5-4-6-10-26)27(22)13-16-8-7-11-31-16/h12,16H,3-11,13-14H2,1-2H3,(H,23,28). The zero-order chi connectivity index (χ0) is 23.2. The Morgan fingerprint density at radius 2 is 2.09 bits per heavy atom. The second kappa shape index (κ2) is 11.3. The topological polar surface area (TPSA) is 98.6 Å². The van der Waals surface area contributed by atoms with Gasteiger partial charge in [-0.25, -0.2) is 4.79 Å². The minimum atomic E-state index is -0.359. The van der Waals surface area contributed by atoms with Crippen molar-refractivity contribution in [2.75, 3.05) is 42.3 Å². The summed E-state index contributed by atoms with van der Waals surface area (Å²) >= 11 is 2.61. The smallest absolute Gasteiger partial charge is 0.348 e. The van der Waals surface area contributed by atoms with Gasteiger partial charge in [0.15, 0.2) is 5.16 Å². The van der Waals surface area contributed by atoms with Gasteiger partial charge >= 0.3 is 5.97 Å². The number of ether oxygens (including phenoxy) is 2. The van der Waals surface area contributed by atoms with Crippen LogP contribution < -0.4 is 10.2 Å². The Bertz CT molecular complexity index is 964. The molecular formula is C22H31N5O4S2. The Hall–Kier alpha value is -2.11. The molecule has 2 aromatic rings. The van der Waals surface area contributed by atoms with E-state index >= 15 is 0 Å².